The molecule has 1 spiro atoms. The maximum Gasteiger partial charge on any atom is 0.142 e. The number of nitrogens with two attached hydrogens (primary N) is 2. The molecule has 4 aromatic rings. The minimum Gasteiger partial charge on any atom is -0.495 e. The fourth-order valence-corrected chi connectivity index (χ4v) is 7.33. The quantitative estimate of drug-likeness (QED) is 0.251. The molecule has 212 valence electrons. The Balaban J connectivity index is 1.58. The Bertz CT molecular complexity index is 1530. The van der Waals surface area contributed by atoms with Crippen LogP contribution in [-0.4, -0.2) is 14.2 Å². The molecule has 0 aliphatic heterocycles. The van der Waals surface area contributed by atoms with E-state index in [-0.39, 0.29) is 16.2 Å². The number of nitrogen functional groups attached to an aromatic ring is 2. The standard InChI is InChI=1S/C37H42N2O2/c1-35(2)15-17-37(29-19-23(7-11-27(29)35)25-9-13-31(38)33(21-25)40-5)18-16-36(3,4)28-12-8-24(20-30(28)37)26-10-14-32(39)34(22-26)41-6/h7-14,19-22H,15-18,38-39H2,1-6H3. The van der Waals surface area contributed by atoms with E-state index in [0.717, 1.165) is 36.8 Å². The first-order chi connectivity index (χ1) is 19.5. The molecule has 4 nitrogen and oxygen atoms in total. The molecule has 4 heteroatoms. The first-order valence-electron chi connectivity index (χ1n) is 14.7. The molecule has 0 saturated carbocycles. The fourth-order valence-electron chi connectivity index (χ4n) is 7.33. The third-order valence-corrected chi connectivity index (χ3v) is 10.0. The largest absolute Gasteiger partial charge is 0.495 e. The lowest BCUT2D eigenvalue weighted by Gasteiger charge is -2.52. The zero-order chi connectivity index (χ0) is 29.2. The van der Waals surface area contributed by atoms with Crippen molar-refractivity contribution in [1.29, 1.82) is 0 Å². The Labute approximate surface area is 244 Å². The Kier molecular flexibility index (Phi) is 6.37. The van der Waals surface area contributed by atoms with Crippen LogP contribution in [0.5, 0.6) is 11.5 Å². The summed E-state index contributed by atoms with van der Waals surface area (Å²) < 4.78 is 11.1. The van der Waals surface area contributed by atoms with Crippen LogP contribution in [0.25, 0.3) is 22.3 Å². The van der Waals surface area contributed by atoms with Crippen LogP contribution in [-0.2, 0) is 16.2 Å². The van der Waals surface area contributed by atoms with Gasteiger partial charge >= 0.3 is 0 Å². The maximum atomic E-state index is 6.16. The molecule has 0 heterocycles. The Hall–Kier alpha value is -3.92. The first kappa shape index (κ1) is 27.3. The van der Waals surface area contributed by atoms with Crippen molar-refractivity contribution in [2.75, 3.05) is 25.7 Å². The van der Waals surface area contributed by atoms with Gasteiger partial charge in [-0.2, -0.15) is 0 Å². The van der Waals surface area contributed by atoms with Gasteiger partial charge in [0.05, 0.1) is 25.6 Å². The highest BCUT2D eigenvalue weighted by Gasteiger charge is 2.49. The van der Waals surface area contributed by atoms with E-state index in [1.54, 1.807) is 14.2 Å². The number of methoxy groups -OCH3 is 2. The van der Waals surface area contributed by atoms with Crippen molar-refractivity contribution >= 4 is 11.4 Å². The molecular weight excluding hydrogens is 504 g/mol. The van der Waals surface area contributed by atoms with Gasteiger partial charge in [0.15, 0.2) is 0 Å². The second kappa shape index (κ2) is 9.58. The minimum atomic E-state index is -0.0580. The highest BCUT2D eigenvalue weighted by molar-refractivity contribution is 5.74. The summed E-state index contributed by atoms with van der Waals surface area (Å²) >= 11 is 0. The second-order valence-electron chi connectivity index (χ2n) is 13.3. The molecule has 2 aliphatic rings. The predicted octanol–water partition coefficient (Wildman–Crippen LogP) is 8.63. The molecule has 4 N–H and O–H groups in total. The average molecular weight is 547 g/mol. The highest BCUT2D eigenvalue weighted by Crippen LogP contribution is 2.58. The number of benzene rings is 4. The summed E-state index contributed by atoms with van der Waals surface area (Å²) in [5.74, 6) is 1.42. The average Bonchev–Trinajstić information content (AvgIpc) is 2.97. The number of hydrogen-bond donors (Lipinski definition) is 2. The number of anilines is 2. The van der Waals surface area contributed by atoms with Gasteiger partial charge in [-0.25, -0.2) is 0 Å². The van der Waals surface area contributed by atoms with E-state index in [4.69, 9.17) is 20.9 Å². The van der Waals surface area contributed by atoms with Gasteiger partial charge in [-0.1, -0.05) is 64.1 Å². The third-order valence-electron chi connectivity index (χ3n) is 10.0. The van der Waals surface area contributed by atoms with Gasteiger partial charge in [0.25, 0.3) is 0 Å². The SMILES string of the molecule is COc1cc(-c2ccc3c(c2)C2(CCC3(C)C)CCC(C)(C)c3ccc(-c4ccc(N)c(OC)c4)cc32)ccc1N. The summed E-state index contributed by atoms with van der Waals surface area (Å²) in [6.45, 7) is 9.59. The molecule has 0 aromatic heterocycles. The van der Waals surface area contributed by atoms with Crippen molar-refractivity contribution < 1.29 is 9.47 Å². The smallest absolute Gasteiger partial charge is 0.142 e. The molecule has 0 fully saturated rings. The van der Waals surface area contributed by atoms with Crippen molar-refractivity contribution in [2.45, 2.75) is 69.6 Å². The summed E-state index contributed by atoms with van der Waals surface area (Å²) in [6.07, 6.45) is 4.54. The van der Waals surface area contributed by atoms with Crippen LogP contribution >= 0.6 is 0 Å². The van der Waals surface area contributed by atoms with Crippen molar-refractivity contribution in [3.8, 4) is 33.8 Å². The van der Waals surface area contributed by atoms with Crippen LogP contribution < -0.4 is 20.9 Å². The van der Waals surface area contributed by atoms with Gasteiger partial charge in [-0.05, 0) is 117 Å². The van der Waals surface area contributed by atoms with Gasteiger partial charge in [0.1, 0.15) is 11.5 Å². The van der Waals surface area contributed by atoms with Crippen LogP contribution in [0.3, 0.4) is 0 Å². The molecule has 0 amide bonds. The molecule has 0 bridgehead atoms. The normalized spacial score (nSPS) is 17.9. The van der Waals surface area contributed by atoms with Gasteiger partial charge in [0, 0.05) is 5.41 Å². The summed E-state index contributed by atoms with van der Waals surface area (Å²) in [5, 5.41) is 0. The summed E-state index contributed by atoms with van der Waals surface area (Å²) in [4.78, 5) is 0. The van der Waals surface area contributed by atoms with Crippen molar-refractivity contribution in [2.24, 2.45) is 0 Å². The van der Waals surface area contributed by atoms with E-state index >= 15 is 0 Å². The number of fused-ring (bicyclic) bond motifs is 4. The van der Waals surface area contributed by atoms with Crippen LogP contribution in [0.4, 0.5) is 11.4 Å². The molecule has 0 saturated heterocycles. The molecule has 0 radical (unpaired) electrons. The highest BCUT2D eigenvalue weighted by atomic mass is 16.5. The Morgan fingerprint density at radius 2 is 0.854 bits per heavy atom. The summed E-state index contributed by atoms with van der Waals surface area (Å²) in [5.41, 5.74) is 24.3. The molecule has 2 aliphatic carbocycles. The molecule has 41 heavy (non-hydrogen) atoms. The van der Waals surface area contributed by atoms with Gasteiger partial charge < -0.3 is 20.9 Å². The van der Waals surface area contributed by atoms with Crippen LogP contribution in [0, 0.1) is 0 Å². The number of ether oxygens (including phenoxy) is 2. The fraction of sp³-hybridized carbons (Fsp3) is 0.351. The number of rotatable bonds is 4. The molecule has 6 rings (SSSR count). The molecular formula is C37H42N2O2. The second-order valence-corrected chi connectivity index (χ2v) is 13.3. The van der Waals surface area contributed by atoms with E-state index in [1.807, 2.05) is 12.1 Å². The van der Waals surface area contributed by atoms with E-state index in [0.29, 0.717) is 22.9 Å². The monoisotopic (exact) mass is 546 g/mol. The summed E-state index contributed by atoms with van der Waals surface area (Å²) in [6, 6.07) is 26.4. The van der Waals surface area contributed by atoms with Gasteiger partial charge in [-0.15, -0.1) is 0 Å². The Morgan fingerprint density at radius 3 is 1.24 bits per heavy atom. The van der Waals surface area contributed by atoms with E-state index in [2.05, 4.69) is 88.4 Å². The minimum absolute atomic E-state index is 0.0580. The lowest BCUT2D eigenvalue weighted by Crippen LogP contribution is -2.44. The molecule has 0 unspecified atom stereocenters. The lowest BCUT2D eigenvalue weighted by molar-refractivity contribution is 0.265. The Morgan fingerprint density at radius 1 is 0.488 bits per heavy atom. The third kappa shape index (κ3) is 4.36. The predicted molar refractivity (Wildman–Crippen MR) is 171 cm³/mol. The van der Waals surface area contributed by atoms with Gasteiger partial charge in [0.2, 0.25) is 0 Å². The van der Waals surface area contributed by atoms with E-state index in [1.165, 1.54) is 33.4 Å². The van der Waals surface area contributed by atoms with Crippen LogP contribution in [0.2, 0.25) is 0 Å². The zero-order valence-corrected chi connectivity index (χ0v) is 25.2. The summed E-state index contributed by atoms with van der Waals surface area (Å²) in [7, 11) is 3.35. The molecule has 0 atom stereocenters. The number of hydrogen-bond acceptors (Lipinski definition) is 4. The van der Waals surface area contributed by atoms with Gasteiger partial charge in [-0.3, -0.25) is 0 Å². The van der Waals surface area contributed by atoms with Crippen LogP contribution in [0.1, 0.15) is 75.6 Å². The first-order valence-corrected chi connectivity index (χ1v) is 14.7. The van der Waals surface area contributed by atoms with E-state index < -0.39 is 0 Å². The van der Waals surface area contributed by atoms with Crippen molar-refractivity contribution in [3.05, 3.63) is 95.1 Å². The lowest BCUT2D eigenvalue weighted by atomic mass is 9.52. The topological polar surface area (TPSA) is 70.5 Å². The van der Waals surface area contributed by atoms with Crippen LogP contribution in [0.15, 0.2) is 72.8 Å². The molecule has 4 aromatic carbocycles. The zero-order valence-electron chi connectivity index (χ0n) is 25.2. The maximum absolute atomic E-state index is 6.16. The van der Waals surface area contributed by atoms with E-state index in [9.17, 15) is 0 Å². The van der Waals surface area contributed by atoms with Crippen molar-refractivity contribution in [3.63, 3.8) is 0 Å². The van der Waals surface area contributed by atoms with Crippen molar-refractivity contribution in [1.82, 2.24) is 0 Å².